The van der Waals surface area contributed by atoms with Gasteiger partial charge in [0.25, 0.3) is 10.1 Å². The van der Waals surface area contributed by atoms with Crippen molar-refractivity contribution in [1.29, 1.82) is 0 Å². The molecule has 0 unspecified atom stereocenters. The second-order valence-electron chi connectivity index (χ2n) is 12.4. The van der Waals surface area contributed by atoms with Crippen LogP contribution in [0.1, 0.15) is 78.4 Å². The third-order valence-electron chi connectivity index (χ3n) is 8.64. The molecule has 4 rings (SSSR count). The minimum absolute atomic E-state index is 0.117. The van der Waals surface area contributed by atoms with E-state index < -0.39 is 15.5 Å². The van der Waals surface area contributed by atoms with Crippen molar-refractivity contribution in [3.8, 4) is 0 Å². The van der Waals surface area contributed by atoms with Gasteiger partial charge in [0.15, 0.2) is 5.71 Å². The molecular weight excluding hydrogens is 613 g/mol. The molecule has 0 aromatic heterocycles. The molecule has 242 valence electrons. The normalized spacial score (nSPS) is 18.0. The molecule has 0 fully saturated rings. The van der Waals surface area contributed by atoms with Gasteiger partial charge in [0.2, 0.25) is 5.69 Å². The fourth-order valence-corrected chi connectivity index (χ4v) is 7.24. The Morgan fingerprint density at radius 1 is 1.00 bits per heavy atom. The molecule has 0 saturated heterocycles. The summed E-state index contributed by atoms with van der Waals surface area (Å²) in [4.78, 5) is 14.4. The van der Waals surface area contributed by atoms with Gasteiger partial charge in [-0.25, -0.2) is 5.26 Å². The highest BCUT2D eigenvalue weighted by Crippen LogP contribution is 2.49. The molecule has 0 spiro atoms. The van der Waals surface area contributed by atoms with Crippen LogP contribution in [0.4, 0.5) is 11.4 Å². The molecular formula is C34H43N2O7S2+. The highest BCUT2D eigenvalue weighted by Gasteiger charge is 2.45. The number of anilines is 1. The molecule has 2 aliphatic heterocycles. The first-order chi connectivity index (χ1) is 21.2. The van der Waals surface area contributed by atoms with Crippen LogP contribution < -0.4 is 4.90 Å². The lowest BCUT2D eigenvalue weighted by molar-refractivity contribution is -0.438. The lowest BCUT2D eigenvalue weighted by Gasteiger charge is -2.25. The largest absolute Gasteiger partial charge is 0.344 e. The monoisotopic (exact) mass is 655 g/mol. The molecule has 2 N–H and O–H groups in total. The molecule has 0 saturated carbocycles. The second-order valence-corrected chi connectivity index (χ2v) is 14.6. The highest BCUT2D eigenvalue weighted by atomic mass is 32.2. The summed E-state index contributed by atoms with van der Waals surface area (Å²) < 4.78 is 40.4. The number of hydrogen-bond donors (Lipinski definition) is 2. The van der Waals surface area contributed by atoms with E-state index in [1.54, 1.807) is 19.1 Å². The lowest BCUT2D eigenvalue weighted by atomic mass is 9.81. The van der Waals surface area contributed by atoms with Gasteiger partial charge in [-0.1, -0.05) is 37.1 Å². The number of nitrogens with zero attached hydrogens (tertiary/aromatic N) is 2. The summed E-state index contributed by atoms with van der Waals surface area (Å²) in [5, 5.41) is 12.3. The summed E-state index contributed by atoms with van der Waals surface area (Å²) in [6, 6.07) is 10.8. The highest BCUT2D eigenvalue weighted by molar-refractivity contribution is 7.94. The maximum Gasteiger partial charge on any atom is 0.294 e. The van der Waals surface area contributed by atoms with Gasteiger partial charge >= 0.3 is 0 Å². The lowest BCUT2D eigenvalue weighted by Crippen LogP contribution is -2.28. The quantitative estimate of drug-likeness (QED) is 0.0402. The fraction of sp³-hybridized carbons (Fsp3) is 0.412. The maximum atomic E-state index is 11.9. The molecule has 9 nitrogen and oxygen atoms in total. The number of benzene rings is 2. The van der Waals surface area contributed by atoms with Crippen LogP contribution in [0.5, 0.6) is 0 Å². The summed E-state index contributed by atoms with van der Waals surface area (Å²) in [6.07, 6.45) is 13.4. The Balaban J connectivity index is 1.61. The second kappa shape index (κ2) is 14.1. The zero-order valence-corrected chi connectivity index (χ0v) is 28.4. The number of hydrogen-bond acceptors (Lipinski definition) is 8. The van der Waals surface area contributed by atoms with E-state index in [1.165, 1.54) is 6.07 Å². The summed E-state index contributed by atoms with van der Waals surface area (Å²) in [5.41, 5.74) is 5.42. The summed E-state index contributed by atoms with van der Waals surface area (Å²) >= 11 is 0.944. The first-order valence-electron chi connectivity index (χ1n) is 15.1. The zero-order valence-electron chi connectivity index (χ0n) is 26.7. The van der Waals surface area contributed by atoms with Crippen molar-refractivity contribution in [1.82, 2.24) is 0 Å². The number of unbranched alkanes of at least 4 members (excludes halogenated alkanes) is 2. The summed E-state index contributed by atoms with van der Waals surface area (Å²) in [5.74, 6) is 0.191. The SMILES string of the molecule is CCN1C(=CC=CC=CC2=[N+](CCCCCC(C)=O)c3ccc(S(=O)(=O)O)cc3C2(C)C)C(C)(C)c2cc(SOOO)ccc21. The fourth-order valence-electron chi connectivity index (χ4n) is 6.34. The van der Waals surface area contributed by atoms with Gasteiger partial charge in [-0.15, -0.1) is 4.33 Å². The smallest absolute Gasteiger partial charge is 0.294 e. The Labute approximate surface area is 270 Å². The molecule has 2 aromatic carbocycles. The summed E-state index contributed by atoms with van der Waals surface area (Å²) in [7, 11) is -4.34. The van der Waals surface area contributed by atoms with Gasteiger partial charge in [0, 0.05) is 58.8 Å². The van der Waals surface area contributed by atoms with Crippen LogP contribution >= 0.6 is 12.0 Å². The Hall–Kier alpha value is -3.06. The van der Waals surface area contributed by atoms with Crippen molar-refractivity contribution in [3.63, 3.8) is 0 Å². The number of ketones is 1. The predicted octanol–water partition coefficient (Wildman–Crippen LogP) is 7.70. The average molecular weight is 656 g/mol. The average Bonchev–Trinajstić information content (AvgIpc) is 3.32. The van der Waals surface area contributed by atoms with E-state index in [1.807, 2.05) is 36.4 Å². The zero-order chi connectivity index (χ0) is 33.0. The van der Waals surface area contributed by atoms with E-state index in [4.69, 9.17) is 5.26 Å². The maximum absolute atomic E-state index is 11.9. The van der Waals surface area contributed by atoms with Crippen LogP contribution in [0.15, 0.2) is 82.3 Å². The Morgan fingerprint density at radius 2 is 1.76 bits per heavy atom. The number of allylic oxidation sites excluding steroid dienone is 6. The number of likely N-dealkylation sites (N-methyl/N-ethyl adjacent to an activating group) is 1. The summed E-state index contributed by atoms with van der Waals surface area (Å²) in [6.45, 7) is 13.7. The van der Waals surface area contributed by atoms with Crippen LogP contribution in [0.2, 0.25) is 0 Å². The molecule has 0 atom stereocenters. The Kier molecular flexibility index (Phi) is 10.9. The van der Waals surface area contributed by atoms with Gasteiger partial charge in [0.1, 0.15) is 12.3 Å². The number of carbonyl (C=O) groups is 1. The van der Waals surface area contributed by atoms with Gasteiger partial charge in [0.05, 0.1) is 22.4 Å². The topological polar surface area (TPSA) is 116 Å². The van der Waals surface area contributed by atoms with E-state index >= 15 is 0 Å². The minimum atomic E-state index is -4.34. The Bertz CT molecular complexity index is 1670. The van der Waals surface area contributed by atoms with Crippen molar-refractivity contribution in [3.05, 3.63) is 83.6 Å². The number of Topliss-reactive ketones (excluding diaryl/α,β-unsaturated/α-hetero) is 1. The molecule has 0 radical (unpaired) electrons. The molecule has 0 bridgehead atoms. The van der Waals surface area contributed by atoms with E-state index in [0.29, 0.717) is 6.42 Å². The van der Waals surface area contributed by atoms with Crippen LogP contribution in [-0.4, -0.2) is 47.4 Å². The predicted molar refractivity (Wildman–Crippen MR) is 178 cm³/mol. The molecule has 2 aliphatic rings. The van der Waals surface area contributed by atoms with Gasteiger partial charge in [-0.2, -0.15) is 13.0 Å². The molecule has 11 heteroatoms. The van der Waals surface area contributed by atoms with Crippen LogP contribution in [0.25, 0.3) is 0 Å². The molecule has 2 heterocycles. The van der Waals surface area contributed by atoms with Crippen molar-refractivity contribution in [2.75, 3.05) is 18.0 Å². The van der Waals surface area contributed by atoms with E-state index in [2.05, 4.69) is 65.6 Å². The third-order valence-corrected chi connectivity index (χ3v) is 10.1. The van der Waals surface area contributed by atoms with Crippen LogP contribution in [0.3, 0.4) is 0 Å². The number of rotatable bonds is 14. The van der Waals surface area contributed by atoms with Crippen molar-refractivity contribution in [2.45, 2.75) is 87.8 Å². The molecule has 2 aromatic rings. The van der Waals surface area contributed by atoms with E-state index in [-0.39, 0.29) is 16.1 Å². The molecule has 0 amide bonds. The van der Waals surface area contributed by atoms with Crippen molar-refractivity contribution < 1.29 is 37.0 Å². The van der Waals surface area contributed by atoms with E-state index in [9.17, 15) is 17.8 Å². The van der Waals surface area contributed by atoms with E-state index in [0.717, 1.165) is 83.2 Å². The first kappa shape index (κ1) is 34.8. The molecule has 0 aliphatic carbocycles. The first-order valence-corrected chi connectivity index (χ1v) is 17.3. The number of fused-ring (bicyclic) bond motifs is 2. The van der Waals surface area contributed by atoms with Gasteiger partial charge < -0.3 is 9.69 Å². The van der Waals surface area contributed by atoms with Crippen molar-refractivity contribution >= 4 is 45.0 Å². The molecule has 45 heavy (non-hydrogen) atoms. The van der Waals surface area contributed by atoms with Crippen molar-refractivity contribution in [2.24, 2.45) is 0 Å². The van der Waals surface area contributed by atoms with Gasteiger partial charge in [-0.05, 0) is 82.5 Å². The van der Waals surface area contributed by atoms with Crippen LogP contribution in [0, 0.1) is 0 Å². The number of carbonyl (C=O) groups excluding carboxylic acids is 1. The standard InChI is InChI=1S/C34H42N2O7S2/c1-7-35-29-19-17-25(44-43-42-38)22-27(29)33(3,4)31(35)15-11-8-12-16-32-34(5,6)28-23-26(45(39,40)41)18-20-30(28)36(32)21-13-9-10-14-24(2)37/h8,11-12,15-20,22-23H,7,9-10,13-14,21H2,1-6H3,(H-,38,39,40,41)/p+1. The van der Waals surface area contributed by atoms with Crippen LogP contribution in [-0.2, 0) is 35.1 Å². The Morgan fingerprint density at radius 3 is 2.42 bits per heavy atom. The third kappa shape index (κ3) is 7.51. The van der Waals surface area contributed by atoms with Gasteiger partial charge in [-0.3, -0.25) is 4.55 Å². The minimum Gasteiger partial charge on any atom is -0.344 e.